The minimum atomic E-state index is -0.0460. The number of piperidine rings is 1. The molecule has 146 valence electrons. The summed E-state index contributed by atoms with van der Waals surface area (Å²) in [6.45, 7) is 8.16. The third kappa shape index (κ3) is 4.66. The van der Waals surface area contributed by atoms with Crippen LogP contribution in [0, 0.1) is 0 Å². The predicted octanol–water partition coefficient (Wildman–Crippen LogP) is 2.61. The molecule has 1 aliphatic rings. The summed E-state index contributed by atoms with van der Waals surface area (Å²) >= 11 is 0. The van der Waals surface area contributed by atoms with Crippen LogP contribution in [0.1, 0.15) is 48.8 Å². The summed E-state index contributed by atoms with van der Waals surface area (Å²) in [4.78, 5) is 16.7. The number of ether oxygens (including phenoxy) is 1. The molecule has 1 unspecified atom stereocenters. The molecule has 2 heterocycles. The number of hydrogen-bond donors (Lipinski definition) is 0. The zero-order chi connectivity index (χ0) is 19.2. The molecule has 7 heteroatoms. The van der Waals surface area contributed by atoms with Crippen molar-refractivity contribution in [2.24, 2.45) is 0 Å². The lowest BCUT2D eigenvalue weighted by Crippen LogP contribution is -2.36. The number of benzene rings is 1. The molecule has 0 saturated carbocycles. The Morgan fingerprint density at radius 2 is 2.15 bits per heavy atom. The second kappa shape index (κ2) is 8.99. The van der Waals surface area contributed by atoms with Gasteiger partial charge in [0.2, 0.25) is 0 Å². The molecule has 1 aromatic heterocycles. The van der Waals surface area contributed by atoms with Crippen molar-refractivity contribution in [3.05, 3.63) is 41.7 Å². The van der Waals surface area contributed by atoms with Crippen molar-refractivity contribution in [2.45, 2.75) is 39.3 Å². The molecule has 1 saturated heterocycles. The normalized spacial score (nSPS) is 17.7. The first-order valence-electron chi connectivity index (χ1n) is 9.71. The minimum Gasteiger partial charge on any atom is -0.497 e. The fourth-order valence-corrected chi connectivity index (χ4v) is 3.65. The fraction of sp³-hybridized carbons (Fsp3) is 0.550. The van der Waals surface area contributed by atoms with Crippen molar-refractivity contribution < 1.29 is 9.53 Å². The second-order valence-corrected chi connectivity index (χ2v) is 6.94. The summed E-state index contributed by atoms with van der Waals surface area (Å²) in [5, 5.41) is 8.38. The molecule has 1 aliphatic heterocycles. The van der Waals surface area contributed by atoms with Crippen LogP contribution in [0.3, 0.4) is 0 Å². The van der Waals surface area contributed by atoms with Crippen LogP contribution in [0.4, 0.5) is 0 Å². The Morgan fingerprint density at radius 1 is 1.33 bits per heavy atom. The molecule has 2 aromatic rings. The maximum atomic E-state index is 12.5. The number of amides is 1. The molecular weight excluding hydrogens is 342 g/mol. The molecule has 0 radical (unpaired) electrons. The SMILES string of the molecule is CCN(CC)C(=O)c1cn(C2CCCN(Cc3cccc(OC)c3)C2)nn1. The van der Waals surface area contributed by atoms with E-state index in [1.165, 1.54) is 5.56 Å². The Bertz CT molecular complexity index is 756. The maximum absolute atomic E-state index is 12.5. The topological polar surface area (TPSA) is 63.5 Å². The molecule has 7 nitrogen and oxygen atoms in total. The van der Waals surface area contributed by atoms with Gasteiger partial charge in [-0.1, -0.05) is 17.3 Å². The molecule has 1 amide bonds. The highest BCUT2D eigenvalue weighted by Crippen LogP contribution is 2.23. The van der Waals surface area contributed by atoms with Crippen molar-refractivity contribution in [3.63, 3.8) is 0 Å². The van der Waals surface area contributed by atoms with Gasteiger partial charge in [-0.2, -0.15) is 0 Å². The van der Waals surface area contributed by atoms with E-state index in [1.807, 2.05) is 30.7 Å². The highest BCUT2D eigenvalue weighted by atomic mass is 16.5. The van der Waals surface area contributed by atoms with Gasteiger partial charge in [0.1, 0.15) is 5.75 Å². The summed E-state index contributed by atoms with van der Waals surface area (Å²) in [6, 6.07) is 8.45. The van der Waals surface area contributed by atoms with Crippen LogP contribution in [0.2, 0.25) is 0 Å². The first-order chi connectivity index (χ1) is 13.1. The summed E-state index contributed by atoms with van der Waals surface area (Å²) in [6.07, 6.45) is 3.96. The third-order valence-electron chi connectivity index (χ3n) is 5.18. The molecule has 3 rings (SSSR count). The van der Waals surface area contributed by atoms with E-state index in [4.69, 9.17) is 4.74 Å². The van der Waals surface area contributed by atoms with Gasteiger partial charge in [-0.3, -0.25) is 9.69 Å². The summed E-state index contributed by atoms with van der Waals surface area (Å²) in [5.41, 5.74) is 1.68. The molecule has 27 heavy (non-hydrogen) atoms. The van der Waals surface area contributed by atoms with Gasteiger partial charge in [0, 0.05) is 26.2 Å². The van der Waals surface area contributed by atoms with E-state index in [2.05, 4.69) is 27.3 Å². The Kier molecular flexibility index (Phi) is 6.45. The van der Waals surface area contributed by atoms with E-state index >= 15 is 0 Å². The van der Waals surface area contributed by atoms with Gasteiger partial charge >= 0.3 is 0 Å². The standard InChI is InChI=1S/C20H29N5O2/c1-4-24(5-2)20(26)19-15-25(22-21-19)17-9-7-11-23(14-17)13-16-8-6-10-18(12-16)27-3/h6,8,10,12,15,17H,4-5,7,9,11,13-14H2,1-3H3. The molecule has 1 atom stereocenters. The second-order valence-electron chi connectivity index (χ2n) is 6.94. The number of carbonyl (C=O) groups is 1. The Hall–Kier alpha value is -2.41. The highest BCUT2D eigenvalue weighted by Gasteiger charge is 2.24. The maximum Gasteiger partial charge on any atom is 0.276 e. The fourth-order valence-electron chi connectivity index (χ4n) is 3.65. The zero-order valence-corrected chi connectivity index (χ0v) is 16.5. The monoisotopic (exact) mass is 371 g/mol. The number of methoxy groups -OCH3 is 1. The van der Waals surface area contributed by atoms with Crippen LogP contribution in [0.25, 0.3) is 0 Å². The van der Waals surface area contributed by atoms with Crippen LogP contribution >= 0.6 is 0 Å². The average Bonchev–Trinajstić information content (AvgIpc) is 3.19. The van der Waals surface area contributed by atoms with Crippen molar-refractivity contribution in [1.82, 2.24) is 24.8 Å². The number of rotatable bonds is 7. The Morgan fingerprint density at radius 3 is 2.89 bits per heavy atom. The van der Waals surface area contributed by atoms with Gasteiger partial charge in [0.05, 0.1) is 19.3 Å². The molecule has 0 spiro atoms. The van der Waals surface area contributed by atoms with Gasteiger partial charge in [-0.15, -0.1) is 5.10 Å². The van der Waals surface area contributed by atoms with E-state index < -0.39 is 0 Å². The predicted molar refractivity (Wildman–Crippen MR) is 104 cm³/mol. The van der Waals surface area contributed by atoms with E-state index in [1.54, 1.807) is 18.2 Å². The summed E-state index contributed by atoms with van der Waals surface area (Å²) in [5.74, 6) is 0.840. The number of likely N-dealkylation sites (tertiary alicyclic amines) is 1. The van der Waals surface area contributed by atoms with Crippen LogP contribution < -0.4 is 4.74 Å². The van der Waals surface area contributed by atoms with Crippen molar-refractivity contribution in [2.75, 3.05) is 33.3 Å². The van der Waals surface area contributed by atoms with Crippen molar-refractivity contribution >= 4 is 5.91 Å². The van der Waals surface area contributed by atoms with E-state index in [9.17, 15) is 4.79 Å². The molecule has 1 fully saturated rings. The number of nitrogens with zero attached hydrogens (tertiary/aromatic N) is 5. The van der Waals surface area contributed by atoms with E-state index in [0.717, 1.165) is 38.2 Å². The van der Waals surface area contributed by atoms with Crippen LogP contribution in [0.15, 0.2) is 30.5 Å². The van der Waals surface area contributed by atoms with Crippen LogP contribution in [-0.2, 0) is 6.54 Å². The van der Waals surface area contributed by atoms with Gasteiger partial charge in [-0.05, 0) is 50.9 Å². The molecule has 0 N–H and O–H groups in total. The third-order valence-corrected chi connectivity index (χ3v) is 5.18. The van der Waals surface area contributed by atoms with Crippen LogP contribution in [0.5, 0.6) is 5.75 Å². The summed E-state index contributed by atoms with van der Waals surface area (Å²) in [7, 11) is 1.69. The van der Waals surface area contributed by atoms with E-state index in [0.29, 0.717) is 18.8 Å². The number of hydrogen-bond acceptors (Lipinski definition) is 5. The molecule has 0 bridgehead atoms. The first-order valence-corrected chi connectivity index (χ1v) is 9.71. The summed E-state index contributed by atoms with van der Waals surface area (Å²) < 4.78 is 7.19. The average molecular weight is 371 g/mol. The van der Waals surface area contributed by atoms with E-state index in [-0.39, 0.29) is 11.9 Å². The van der Waals surface area contributed by atoms with Crippen molar-refractivity contribution in [1.29, 1.82) is 0 Å². The van der Waals surface area contributed by atoms with Crippen molar-refractivity contribution in [3.8, 4) is 5.75 Å². The minimum absolute atomic E-state index is 0.0460. The van der Waals surface area contributed by atoms with Gasteiger partial charge in [-0.25, -0.2) is 4.68 Å². The first kappa shape index (κ1) is 19.4. The van der Waals surface area contributed by atoms with Gasteiger partial charge in [0.25, 0.3) is 5.91 Å². The quantitative estimate of drug-likeness (QED) is 0.749. The largest absolute Gasteiger partial charge is 0.497 e. The highest BCUT2D eigenvalue weighted by molar-refractivity contribution is 5.91. The van der Waals surface area contributed by atoms with Gasteiger partial charge in [0.15, 0.2) is 5.69 Å². The number of aromatic nitrogens is 3. The molecule has 0 aliphatic carbocycles. The smallest absolute Gasteiger partial charge is 0.276 e. The number of carbonyl (C=O) groups excluding carboxylic acids is 1. The zero-order valence-electron chi connectivity index (χ0n) is 16.5. The lowest BCUT2D eigenvalue weighted by Gasteiger charge is -2.32. The Balaban J connectivity index is 1.65. The van der Waals surface area contributed by atoms with Crippen LogP contribution in [-0.4, -0.2) is 64.0 Å². The lowest BCUT2D eigenvalue weighted by atomic mass is 10.0. The molecular formula is C20H29N5O2. The molecule has 1 aromatic carbocycles. The Labute approximate surface area is 160 Å². The van der Waals surface area contributed by atoms with Gasteiger partial charge < -0.3 is 9.64 Å². The lowest BCUT2D eigenvalue weighted by molar-refractivity contribution is 0.0767.